The Bertz CT molecular complexity index is 1580. The van der Waals surface area contributed by atoms with Gasteiger partial charge in [-0.05, 0) is 60.9 Å². The summed E-state index contributed by atoms with van der Waals surface area (Å²) in [6, 6.07) is 18.6. The van der Waals surface area contributed by atoms with Gasteiger partial charge in [0, 0.05) is 40.4 Å². The maximum Gasteiger partial charge on any atom is 0.342 e. The summed E-state index contributed by atoms with van der Waals surface area (Å²) in [5.41, 5.74) is 3.34. The largest absolute Gasteiger partial charge is 0.507 e. The Morgan fingerprint density at radius 3 is 2.62 bits per heavy atom. The highest BCUT2D eigenvalue weighted by molar-refractivity contribution is 6.31. The molecule has 39 heavy (non-hydrogen) atoms. The van der Waals surface area contributed by atoms with E-state index in [9.17, 15) is 14.7 Å². The lowest BCUT2D eigenvalue weighted by Gasteiger charge is -2.25. The molecule has 3 aromatic carbocycles. The molecule has 4 aromatic rings. The van der Waals surface area contributed by atoms with Crippen molar-refractivity contribution in [3.05, 3.63) is 88.6 Å². The van der Waals surface area contributed by atoms with Crippen LogP contribution in [-0.4, -0.2) is 33.6 Å². The summed E-state index contributed by atoms with van der Waals surface area (Å²) in [6.45, 7) is 0.387. The molecule has 2 amide bonds. The molecule has 1 saturated carbocycles. The first kappa shape index (κ1) is 24.8. The number of ether oxygens (including phenoxy) is 2. The first-order chi connectivity index (χ1) is 19.0. The molecule has 0 atom stereocenters. The smallest absolute Gasteiger partial charge is 0.342 e. The molecular formula is C29H25ClN4O5. The van der Waals surface area contributed by atoms with Crippen molar-refractivity contribution in [2.45, 2.75) is 31.7 Å². The average Bonchev–Trinajstić information content (AvgIpc) is 3.54. The van der Waals surface area contributed by atoms with Gasteiger partial charge in [0.15, 0.2) is 11.5 Å². The van der Waals surface area contributed by atoms with E-state index >= 15 is 0 Å². The summed E-state index contributed by atoms with van der Waals surface area (Å²) < 4.78 is 12.0. The molecule has 1 aromatic heterocycles. The van der Waals surface area contributed by atoms with E-state index in [1.807, 2.05) is 24.3 Å². The second-order valence-corrected chi connectivity index (χ2v) is 9.91. The van der Waals surface area contributed by atoms with Crippen molar-refractivity contribution in [1.29, 1.82) is 0 Å². The summed E-state index contributed by atoms with van der Waals surface area (Å²) in [4.78, 5) is 25.9. The predicted molar refractivity (Wildman–Crippen MR) is 146 cm³/mol. The van der Waals surface area contributed by atoms with Crippen molar-refractivity contribution in [2.24, 2.45) is 0 Å². The number of phenols is 1. The van der Waals surface area contributed by atoms with Crippen molar-refractivity contribution in [3.63, 3.8) is 0 Å². The predicted octanol–water partition coefficient (Wildman–Crippen LogP) is 5.92. The molecule has 0 bridgehead atoms. The highest BCUT2D eigenvalue weighted by Gasteiger charge is 2.28. The molecule has 1 fully saturated rings. The number of hydrogen-bond acceptors (Lipinski definition) is 6. The second kappa shape index (κ2) is 10.3. The van der Waals surface area contributed by atoms with Gasteiger partial charge in [-0.2, -0.15) is 9.78 Å². The molecule has 6 rings (SSSR count). The molecule has 0 radical (unpaired) electrons. The number of carbonyl (C=O) groups excluding carboxylic acids is 2. The van der Waals surface area contributed by atoms with Crippen molar-refractivity contribution in [2.75, 3.05) is 12.1 Å². The van der Waals surface area contributed by atoms with E-state index in [1.165, 1.54) is 10.7 Å². The van der Waals surface area contributed by atoms with Gasteiger partial charge in [-0.3, -0.25) is 4.79 Å². The molecule has 0 saturated heterocycles. The lowest BCUT2D eigenvalue weighted by Crippen LogP contribution is -2.31. The van der Waals surface area contributed by atoms with E-state index in [4.69, 9.17) is 21.1 Å². The first-order valence-electron chi connectivity index (χ1n) is 12.6. The number of anilines is 1. The van der Waals surface area contributed by atoms with Crippen LogP contribution in [0.4, 0.5) is 10.5 Å². The number of benzene rings is 3. The SMILES string of the molecule is O=C(Nc1ccc(-c2cc(C3CCC3)n(C(=O)NCc3ccccc3Cl)n2)c(O)c1)c1ccc2c(c1)OCO2. The number of nitrogens with zero attached hydrogens (tertiary/aromatic N) is 2. The summed E-state index contributed by atoms with van der Waals surface area (Å²) in [6.07, 6.45) is 3.04. The van der Waals surface area contributed by atoms with Crippen molar-refractivity contribution >= 4 is 29.2 Å². The van der Waals surface area contributed by atoms with Crippen LogP contribution in [0.1, 0.15) is 46.8 Å². The van der Waals surface area contributed by atoms with Crippen LogP contribution in [0.5, 0.6) is 17.2 Å². The van der Waals surface area contributed by atoms with E-state index < -0.39 is 0 Å². The van der Waals surface area contributed by atoms with Gasteiger partial charge in [0.2, 0.25) is 6.79 Å². The van der Waals surface area contributed by atoms with Gasteiger partial charge in [0.05, 0.1) is 11.4 Å². The summed E-state index contributed by atoms with van der Waals surface area (Å²) >= 11 is 6.23. The van der Waals surface area contributed by atoms with Gasteiger partial charge in [0.25, 0.3) is 5.91 Å². The average molecular weight is 545 g/mol. The van der Waals surface area contributed by atoms with Crippen LogP contribution in [0, 0.1) is 0 Å². The number of aromatic nitrogens is 2. The maximum atomic E-state index is 13.1. The normalized spacial score (nSPS) is 14.1. The zero-order chi connectivity index (χ0) is 26.9. The highest BCUT2D eigenvalue weighted by atomic mass is 35.5. The molecule has 2 heterocycles. The van der Waals surface area contributed by atoms with Crippen molar-refractivity contribution in [1.82, 2.24) is 15.1 Å². The van der Waals surface area contributed by atoms with Crippen LogP contribution in [0.3, 0.4) is 0 Å². The molecular weight excluding hydrogens is 520 g/mol. The Kier molecular flexibility index (Phi) is 6.58. The van der Waals surface area contributed by atoms with Crippen LogP contribution in [-0.2, 0) is 6.54 Å². The Hall–Kier alpha value is -4.50. The van der Waals surface area contributed by atoms with Crippen LogP contribution in [0.2, 0.25) is 5.02 Å². The van der Waals surface area contributed by atoms with Crippen LogP contribution in [0.15, 0.2) is 66.7 Å². The quantitative estimate of drug-likeness (QED) is 0.278. The Morgan fingerprint density at radius 2 is 1.85 bits per heavy atom. The molecule has 2 aliphatic rings. The van der Waals surface area contributed by atoms with E-state index in [-0.39, 0.29) is 36.9 Å². The zero-order valence-electron chi connectivity index (χ0n) is 20.8. The lowest BCUT2D eigenvalue weighted by molar-refractivity contribution is 0.102. The monoisotopic (exact) mass is 544 g/mol. The maximum absolute atomic E-state index is 13.1. The third-order valence-corrected chi connectivity index (χ3v) is 7.38. The number of nitrogens with one attached hydrogen (secondary N) is 2. The summed E-state index contributed by atoms with van der Waals surface area (Å²) in [7, 11) is 0. The number of halogens is 1. The Morgan fingerprint density at radius 1 is 1.03 bits per heavy atom. The molecule has 3 N–H and O–H groups in total. The van der Waals surface area contributed by atoms with Crippen molar-refractivity contribution in [3.8, 4) is 28.5 Å². The molecule has 1 aliphatic carbocycles. The minimum atomic E-state index is -0.366. The standard InChI is InChI=1S/C29H25ClN4O5/c30-22-7-2-1-4-19(22)15-31-29(37)34-24(17-5-3-6-17)14-23(33-34)21-10-9-20(13-25(21)35)32-28(36)18-8-11-26-27(12-18)39-16-38-26/h1-2,4,7-14,17,35H,3,5-6,15-16H2,(H,31,37)(H,32,36). The van der Waals surface area contributed by atoms with Crippen LogP contribution >= 0.6 is 11.6 Å². The fourth-order valence-electron chi connectivity index (χ4n) is 4.64. The molecule has 198 valence electrons. The van der Waals surface area contributed by atoms with Crippen molar-refractivity contribution < 1.29 is 24.2 Å². The van der Waals surface area contributed by atoms with Gasteiger partial charge in [-0.15, -0.1) is 0 Å². The topological polar surface area (TPSA) is 115 Å². The van der Waals surface area contributed by atoms with Gasteiger partial charge in [-0.1, -0.05) is 36.2 Å². The summed E-state index contributed by atoms with van der Waals surface area (Å²) in [5, 5.41) is 21.6. The van der Waals surface area contributed by atoms with E-state index in [0.717, 1.165) is 30.5 Å². The first-order valence-corrected chi connectivity index (χ1v) is 13.0. The zero-order valence-corrected chi connectivity index (χ0v) is 21.6. The number of hydrogen-bond donors (Lipinski definition) is 3. The van der Waals surface area contributed by atoms with Gasteiger partial charge >= 0.3 is 6.03 Å². The molecule has 1 aliphatic heterocycles. The fourth-order valence-corrected chi connectivity index (χ4v) is 4.84. The molecule has 0 spiro atoms. The second-order valence-electron chi connectivity index (χ2n) is 9.50. The molecule has 10 heteroatoms. The van der Waals surface area contributed by atoms with Gasteiger partial charge in [0.1, 0.15) is 5.75 Å². The number of aromatic hydroxyl groups is 1. The molecule has 9 nitrogen and oxygen atoms in total. The third kappa shape index (κ3) is 5.00. The van der Waals surface area contributed by atoms with E-state index in [2.05, 4.69) is 15.7 Å². The minimum Gasteiger partial charge on any atom is -0.507 e. The lowest BCUT2D eigenvalue weighted by atomic mass is 9.82. The van der Waals surface area contributed by atoms with Gasteiger partial charge < -0.3 is 25.2 Å². The molecule has 0 unspecified atom stereocenters. The number of carbonyl (C=O) groups is 2. The minimum absolute atomic E-state index is 0.0697. The third-order valence-electron chi connectivity index (χ3n) is 7.01. The fraction of sp³-hybridized carbons (Fsp3) is 0.207. The number of amides is 2. The number of phenolic OH excluding ortho intramolecular Hbond substituents is 1. The highest BCUT2D eigenvalue weighted by Crippen LogP contribution is 2.39. The Labute approximate surface area is 229 Å². The van der Waals surface area contributed by atoms with E-state index in [1.54, 1.807) is 36.4 Å². The van der Waals surface area contributed by atoms with E-state index in [0.29, 0.717) is 39.0 Å². The summed E-state index contributed by atoms with van der Waals surface area (Å²) in [5.74, 6) is 0.896. The van der Waals surface area contributed by atoms with Gasteiger partial charge in [-0.25, -0.2) is 4.79 Å². The van der Waals surface area contributed by atoms with Crippen LogP contribution in [0.25, 0.3) is 11.3 Å². The Balaban J connectivity index is 1.21. The number of fused-ring (bicyclic) bond motifs is 1. The van der Waals surface area contributed by atoms with Crippen LogP contribution < -0.4 is 20.1 Å². The number of rotatable bonds is 6.